The first-order valence-corrected chi connectivity index (χ1v) is 8.75. The van der Waals surface area contributed by atoms with Crippen molar-refractivity contribution in [3.05, 3.63) is 65.5 Å². The molecule has 0 saturated heterocycles. The van der Waals surface area contributed by atoms with E-state index >= 15 is 0 Å². The summed E-state index contributed by atoms with van der Waals surface area (Å²) in [5.41, 5.74) is 3.56. The number of aryl methyl sites for hydroxylation is 1. The third-order valence-corrected chi connectivity index (χ3v) is 4.35. The first kappa shape index (κ1) is 18.6. The van der Waals surface area contributed by atoms with Crippen molar-refractivity contribution in [3.63, 3.8) is 0 Å². The molecular weight excluding hydrogens is 344 g/mol. The second kappa shape index (κ2) is 8.44. The molecule has 0 bridgehead atoms. The normalized spacial score (nSPS) is 15.6. The van der Waals surface area contributed by atoms with E-state index in [4.69, 9.17) is 4.84 Å². The first-order valence-electron chi connectivity index (χ1n) is 8.75. The number of carbonyl (C=O) groups excluding carboxylic acids is 2. The molecule has 1 aliphatic rings. The molecule has 3 rings (SSSR count). The van der Waals surface area contributed by atoms with E-state index < -0.39 is 6.10 Å². The molecule has 1 aliphatic heterocycles. The van der Waals surface area contributed by atoms with E-state index in [9.17, 15) is 9.59 Å². The lowest BCUT2D eigenvalue weighted by molar-refractivity contribution is -0.143. The standard InChI is InChI=1S/C20H22N4O3/c1-14-7-3-4-9-16(14)17-11-18(27-23-17)20(26)24(2)13-19(25)22-12-15-8-5-6-10-21-15/h3-10,18H,11-13H2,1-2H3,(H,22,25). The minimum absolute atomic E-state index is 0.0504. The molecule has 2 heterocycles. The lowest BCUT2D eigenvalue weighted by Crippen LogP contribution is -2.42. The van der Waals surface area contributed by atoms with Gasteiger partial charge in [0, 0.05) is 25.2 Å². The maximum Gasteiger partial charge on any atom is 0.267 e. The Bertz CT molecular complexity index is 851. The van der Waals surface area contributed by atoms with Crippen LogP contribution in [0.3, 0.4) is 0 Å². The van der Waals surface area contributed by atoms with Gasteiger partial charge in [-0.1, -0.05) is 35.5 Å². The van der Waals surface area contributed by atoms with Gasteiger partial charge in [0.05, 0.1) is 24.5 Å². The zero-order valence-corrected chi connectivity index (χ0v) is 15.4. The topological polar surface area (TPSA) is 83.9 Å². The summed E-state index contributed by atoms with van der Waals surface area (Å²) in [6.07, 6.45) is 1.36. The Hall–Kier alpha value is -3.22. The van der Waals surface area contributed by atoms with Crippen LogP contribution in [0.25, 0.3) is 0 Å². The van der Waals surface area contributed by atoms with Crippen LogP contribution in [0.15, 0.2) is 53.8 Å². The predicted molar refractivity (Wildman–Crippen MR) is 101 cm³/mol. The van der Waals surface area contributed by atoms with Crippen molar-refractivity contribution in [2.75, 3.05) is 13.6 Å². The van der Waals surface area contributed by atoms with Gasteiger partial charge in [-0.2, -0.15) is 0 Å². The number of rotatable bonds is 6. The van der Waals surface area contributed by atoms with Gasteiger partial charge in [0.2, 0.25) is 12.0 Å². The van der Waals surface area contributed by atoms with Gasteiger partial charge in [-0.3, -0.25) is 14.6 Å². The molecule has 0 radical (unpaired) electrons. The maximum atomic E-state index is 12.6. The Morgan fingerprint density at radius 3 is 2.74 bits per heavy atom. The largest absolute Gasteiger partial charge is 0.382 e. The molecule has 1 atom stereocenters. The number of carbonyl (C=O) groups is 2. The van der Waals surface area contributed by atoms with Gasteiger partial charge in [-0.25, -0.2) is 0 Å². The van der Waals surface area contributed by atoms with Crippen LogP contribution in [-0.4, -0.2) is 47.1 Å². The highest BCUT2D eigenvalue weighted by Gasteiger charge is 2.32. The lowest BCUT2D eigenvalue weighted by Gasteiger charge is -2.19. The number of oxime groups is 1. The van der Waals surface area contributed by atoms with Crippen molar-refractivity contribution in [2.24, 2.45) is 5.16 Å². The predicted octanol–water partition coefficient (Wildman–Crippen LogP) is 1.66. The Morgan fingerprint density at radius 1 is 1.22 bits per heavy atom. The molecule has 2 aromatic rings. The van der Waals surface area contributed by atoms with Gasteiger partial charge < -0.3 is 15.1 Å². The summed E-state index contributed by atoms with van der Waals surface area (Å²) in [4.78, 5) is 35.4. The summed E-state index contributed by atoms with van der Waals surface area (Å²) < 4.78 is 0. The number of nitrogens with zero attached hydrogens (tertiary/aromatic N) is 3. The number of benzene rings is 1. The van der Waals surface area contributed by atoms with Crippen LogP contribution >= 0.6 is 0 Å². The minimum atomic E-state index is -0.701. The molecule has 7 heteroatoms. The third-order valence-electron chi connectivity index (χ3n) is 4.35. The zero-order chi connectivity index (χ0) is 19.2. The Morgan fingerprint density at radius 2 is 2.00 bits per heavy atom. The molecular formula is C20H22N4O3. The summed E-state index contributed by atoms with van der Waals surface area (Å²) in [5.74, 6) is -0.523. The van der Waals surface area contributed by atoms with E-state index in [1.165, 1.54) is 4.90 Å². The molecule has 0 aliphatic carbocycles. The van der Waals surface area contributed by atoms with Crippen molar-refractivity contribution in [3.8, 4) is 0 Å². The van der Waals surface area contributed by atoms with Gasteiger partial charge in [0.25, 0.3) is 5.91 Å². The van der Waals surface area contributed by atoms with Crippen LogP contribution in [0.5, 0.6) is 0 Å². The van der Waals surface area contributed by atoms with Crippen molar-refractivity contribution in [1.82, 2.24) is 15.2 Å². The monoisotopic (exact) mass is 366 g/mol. The molecule has 2 amide bonds. The van der Waals surface area contributed by atoms with Crippen molar-refractivity contribution in [1.29, 1.82) is 0 Å². The van der Waals surface area contributed by atoms with E-state index in [2.05, 4.69) is 15.5 Å². The van der Waals surface area contributed by atoms with Crippen LogP contribution in [0, 0.1) is 6.92 Å². The van der Waals surface area contributed by atoms with Gasteiger partial charge in [-0.05, 0) is 24.6 Å². The summed E-state index contributed by atoms with van der Waals surface area (Å²) >= 11 is 0. The molecule has 0 spiro atoms. The second-order valence-electron chi connectivity index (χ2n) is 6.44. The molecule has 27 heavy (non-hydrogen) atoms. The van der Waals surface area contributed by atoms with E-state index in [0.29, 0.717) is 13.0 Å². The number of nitrogens with one attached hydrogen (secondary N) is 1. The molecule has 0 saturated carbocycles. The Balaban J connectivity index is 1.49. The Labute approximate surface area is 158 Å². The second-order valence-corrected chi connectivity index (χ2v) is 6.44. The van der Waals surface area contributed by atoms with Crippen LogP contribution in [0.2, 0.25) is 0 Å². The van der Waals surface area contributed by atoms with E-state index in [1.807, 2.05) is 49.4 Å². The smallest absolute Gasteiger partial charge is 0.267 e. The van der Waals surface area contributed by atoms with Gasteiger partial charge in [0.15, 0.2) is 0 Å². The number of likely N-dealkylation sites (N-methyl/N-ethyl adjacent to an activating group) is 1. The van der Waals surface area contributed by atoms with Crippen molar-refractivity contribution >= 4 is 17.5 Å². The fourth-order valence-electron chi connectivity index (χ4n) is 2.85. The van der Waals surface area contributed by atoms with Crippen LogP contribution in [0.4, 0.5) is 0 Å². The third kappa shape index (κ3) is 4.69. The van der Waals surface area contributed by atoms with Gasteiger partial charge in [0.1, 0.15) is 0 Å². The van der Waals surface area contributed by atoms with E-state index in [1.54, 1.807) is 13.2 Å². The molecule has 0 fully saturated rings. The molecule has 140 valence electrons. The molecule has 1 aromatic carbocycles. The summed E-state index contributed by atoms with van der Waals surface area (Å²) in [5, 5.41) is 6.82. The minimum Gasteiger partial charge on any atom is -0.382 e. The molecule has 7 nitrogen and oxygen atoms in total. The number of aromatic nitrogens is 1. The van der Waals surface area contributed by atoms with Crippen LogP contribution < -0.4 is 5.32 Å². The summed E-state index contributed by atoms with van der Waals surface area (Å²) in [7, 11) is 1.58. The highest BCUT2D eigenvalue weighted by molar-refractivity contribution is 6.05. The van der Waals surface area contributed by atoms with Crippen LogP contribution in [-0.2, 0) is 21.0 Å². The summed E-state index contributed by atoms with van der Waals surface area (Å²) in [6.45, 7) is 2.26. The average molecular weight is 366 g/mol. The van der Waals surface area contributed by atoms with Gasteiger partial charge >= 0.3 is 0 Å². The lowest BCUT2D eigenvalue weighted by atomic mass is 10.00. The van der Waals surface area contributed by atoms with E-state index in [0.717, 1.165) is 22.5 Å². The fraction of sp³-hybridized carbons (Fsp3) is 0.300. The van der Waals surface area contributed by atoms with E-state index in [-0.39, 0.29) is 18.4 Å². The molecule has 1 unspecified atom stereocenters. The number of hydrogen-bond acceptors (Lipinski definition) is 5. The van der Waals surface area contributed by atoms with Crippen LogP contribution in [0.1, 0.15) is 23.2 Å². The molecule has 1 aromatic heterocycles. The highest BCUT2D eigenvalue weighted by Crippen LogP contribution is 2.20. The van der Waals surface area contributed by atoms with Gasteiger partial charge in [-0.15, -0.1) is 0 Å². The fourth-order valence-corrected chi connectivity index (χ4v) is 2.85. The SMILES string of the molecule is Cc1ccccc1C1=NOC(C(=O)N(C)CC(=O)NCc2ccccn2)C1. The average Bonchev–Trinajstić information content (AvgIpc) is 3.17. The van der Waals surface area contributed by atoms with Crippen molar-refractivity contribution < 1.29 is 14.4 Å². The Kier molecular flexibility index (Phi) is 5.80. The quantitative estimate of drug-likeness (QED) is 0.843. The number of amides is 2. The zero-order valence-electron chi connectivity index (χ0n) is 15.4. The number of hydrogen-bond donors (Lipinski definition) is 1. The highest BCUT2D eigenvalue weighted by atomic mass is 16.6. The molecule has 1 N–H and O–H groups in total. The number of pyridine rings is 1. The summed E-state index contributed by atoms with van der Waals surface area (Å²) in [6, 6.07) is 13.3. The van der Waals surface area contributed by atoms with Crippen molar-refractivity contribution in [2.45, 2.75) is 26.0 Å². The maximum absolute atomic E-state index is 12.6. The first-order chi connectivity index (χ1) is 13.0.